The zero-order valence-electron chi connectivity index (χ0n) is 18.1. The summed E-state index contributed by atoms with van der Waals surface area (Å²) < 4.78 is 81.5. The van der Waals surface area contributed by atoms with Crippen LogP contribution in [-0.4, -0.2) is 67.9 Å². The molecule has 2 atom stereocenters. The number of anilines is 1. The first-order valence-electron chi connectivity index (χ1n) is 10.6. The van der Waals surface area contributed by atoms with Gasteiger partial charge in [-0.15, -0.1) is 0 Å². The smallest absolute Gasteiger partial charge is 0.245 e. The van der Waals surface area contributed by atoms with E-state index in [9.17, 15) is 17.2 Å². The number of nitrogens with zero attached hydrogens (tertiary/aromatic N) is 4. The van der Waals surface area contributed by atoms with Crippen molar-refractivity contribution in [2.24, 2.45) is 0 Å². The molecular formula is C22H21F3N4O4S. The van der Waals surface area contributed by atoms with Gasteiger partial charge in [-0.3, -0.25) is 4.98 Å². The zero-order chi connectivity index (χ0) is 24.1. The van der Waals surface area contributed by atoms with Crippen LogP contribution in [0.2, 0.25) is 0 Å². The van der Waals surface area contributed by atoms with Crippen molar-refractivity contribution in [1.82, 2.24) is 14.3 Å². The van der Waals surface area contributed by atoms with Crippen LogP contribution in [0, 0.1) is 11.6 Å². The predicted octanol–water partition coefficient (Wildman–Crippen LogP) is 2.88. The second kappa shape index (κ2) is 8.36. The molecule has 5 rings (SSSR count). The Morgan fingerprint density at radius 1 is 1.15 bits per heavy atom. The number of aromatic nitrogens is 2. The van der Waals surface area contributed by atoms with Gasteiger partial charge in [0.25, 0.3) is 0 Å². The van der Waals surface area contributed by atoms with Crippen LogP contribution >= 0.6 is 0 Å². The van der Waals surface area contributed by atoms with Crippen LogP contribution in [0.1, 0.15) is 6.42 Å². The maximum absolute atomic E-state index is 15.7. The number of hydrogen-bond acceptors (Lipinski definition) is 7. The van der Waals surface area contributed by atoms with Crippen LogP contribution in [0.3, 0.4) is 0 Å². The molecule has 2 aromatic carbocycles. The van der Waals surface area contributed by atoms with Crippen LogP contribution in [-0.2, 0) is 14.8 Å². The van der Waals surface area contributed by atoms with Crippen molar-refractivity contribution in [3.05, 3.63) is 54.2 Å². The first-order chi connectivity index (χ1) is 16.2. The molecule has 2 aliphatic rings. The Morgan fingerprint density at radius 2 is 1.91 bits per heavy atom. The van der Waals surface area contributed by atoms with Gasteiger partial charge in [-0.05, 0) is 12.1 Å². The molecule has 2 unspecified atom stereocenters. The molecule has 0 saturated carbocycles. The summed E-state index contributed by atoms with van der Waals surface area (Å²) >= 11 is 0. The highest BCUT2D eigenvalue weighted by Crippen LogP contribution is 2.41. The molecule has 0 aliphatic carbocycles. The Hall–Kier alpha value is -2.96. The van der Waals surface area contributed by atoms with Crippen molar-refractivity contribution < 1.29 is 31.1 Å². The van der Waals surface area contributed by atoms with Crippen LogP contribution in [0.15, 0.2) is 47.5 Å². The summed E-state index contributed by atoms with van der Waals surface area (Å²) in [6.07, 6.45) is -0.314. The number of ether oxygens (including phenoxy) is 2. The lowest BCUT2D eigenvalue weighted by atomic mass is 9.98. The average Bonchev–Trinajstić information content (AvgIpc) is 3.27. The molecule has 12 heteroatoms. The van der Waals surface area contributed by atoms with Crippen molar-refractivity contribution in [3.63, 3.8) is 0 Å². The number of rotatable bonds is 4. The number of alkyl halides is 1. The Kier molecular flexibility index (Phi) is 5.61. The minimum Gasteiger partial charge on any atom is -0.497 e. The van der Waals surface area contributed by atoms with Crippen molar-refractivity contribution in [3.8, 4) is 5.75 Å². The summed E-state index contributed by atoms with van der Waals surface area (Å²) in [4.78, 5) is 9.96. The van der Waals surface area contributed by atoms with E-state index < -0.39 is 33.6 Å². The van der Waals surface area contributed by atoms with E-state index in [0.717, 1.165) is 16.4 Å². The van der Waals surface area contributed by atoms with Gasteiger partial charge in [-0.1, -0.05) is 6.07 Å². The molecule has 2 saturated heterocycles. The molecule has 8 nitrogen and oxygen atoms in total. The molecule has 34 heavy (non-hydrogen) atoms. The number of hydrogen-bond donors (Lipinski definition) is 0. The Morgan fingerprint density at radius 3 is 2.65 bits per heavy atom. The van der Waals surface area contributed by atoms with E-state index in [-0.39, 0.29) is 54.4 Å². The first kappa shape index (κ1) is 22.8. The minimum absolute atomic E-state index is 0.0130. The fourth-order valence-electron chi connectivity index (χ4n) is 4.46. The molecule has 0 N–H and O–H groups in total. The lowest BCUT2D eigenvalue weighted by Gasteiger charge is -2.45. The van der Waals surface area contributed by atoms with E-state index in [2.05, 4.69) is 9.97 Å². The number of halogens is 3. The highest BCUT2D eigenvalue weighted by molar-refractivity contribution is 7.89. The van der Waals surface area contributed by atoms with Gasteiger partial charge in [-0.25, -0.2) is 26.6 Å². The Balaban J connectivity index is 1.42. The maximum atomic E-state index is 15.7. The summed E-state index contributed by atoms with van der Waals surface area (Å²) in [6, 6.07) is 7.87. The van der Waals surface area contributed by atoms with Crippen molar-refractivity contribution in [1.29, 1.82) is 0 Å². The predicted molar refractivity (Wildman–Crippen MR) is 117 cm³/mol. The van der Waals surface area contributed by atoms with Gasteiger partial charge in [0.2, 0.25) is 10.0 Å². The third-order valence-electron chi connectivity index (χ3n) is 6.20. The van der Waals surface area contributed by atoms with E-state index >= 15 is 4.39 Å². The van der Waals surface area contributed by atoms with Crippen LogP contribution in [0.25, 0.3) is 11.0 Å². The Bertz CT molecular complexity index is 1360. The fraction of sp³-hybridized carbons (Fsp3) is 0.364. The summed E-state index contributed by atoms with van der Waals surface area (Å²) in [6.45, 7) is 0.0766. The molecule has 0 amide bonds. The van der Waals surface area contributed by atoms with E-state index in [1.54, 1.807) is 17.0 Å². The molecule has 0 radical (unpaired) electrons. The molecule has 180 valence electrons. The number of benzene rings is 2. The van der Waals surface area contributed by atoms with Crippen LogP contribution < -0.4 is 9.64 Å². The largest absolute Gasteiger partial charge is 0.497 e. The molecule has 1 spiro atoms. The molecule has 0 bridgehead atoms. The number of methoxy groups -OCH3 is 1. The summed E-state index contributed by atoms with van der Waals surface area (Å²) in [5, 5.41) is 0. The topological polar surface area (TPSA) is 84.9 Å². The van der Waals surface area contributed by atoms with E-state index in [1.807, 2.05) is 0 Å². The van der Waals surface area contributed by atoms with Gasteiger partial charge in [0, 0.05) is 37.7 Å². The quantitative estimate of drug-likeness (QED) is 0.552. The number of fused-ring (bicyclic) bond motifs is 1. The maximum Gasteiger partial charge on any atom is 0.245 e. The van der Waals surface area contributed by atoms with Crippen molar-refractivity contribution in [2.75, 3.05) is 38.3 Å². The van der Waals surface area contributed by atoms with Crippen LogP contribution in [0.4, 0.5) is 19.0 Å². The molecule has 1 aromatic heterocycles. The molecule has 2 fully saturated rings. The molecule has 2 aliphatic heterocycles. The Labute approximate surface area is 194 Å². The molecule has 3 heterocycles. The standard InChI is InChI=1S/C22H21F3N4O4S/c1-32-14-3-2-4-15(9-14)34(30,31)29-7-8-33-22(29)5-6-28(13-20(22)25)21-12-26-18-10-16(23)17(24)11-19(18)27-21/h2-4,9-12,20H,5-8,13H2,1H3. The van der Waals surface area contributed by atoms with E-state index in [1.165, 1.54) is 25.4 Å². The fourth-order valence-corrected chi connectivity index (χ4v) is 6.21. The second-order valence-electron chi connectivity index (χ2n) is 8.10. The van der Waals surface area contributed by atoms with Gasteiger partial charge in [-0.2, -0.15) is 4.31 Å². The van der Waals surface area contributed by atoms with Gasteiger partial charge in [0.05, 0.1) is 42.4 Å². The highest BCUT2D eigenvalue weighted by Gasteiger charge is 2.57. The second-order valence-corrected chi connectivity index (χ2v) is 9.96. The van der Waals surface area contributed by atoms with Crippen molar-refractivity contribution in [2.45, 2.75) is 23.2 Å². The summed E-state index contributed by atoms with van der Waals surface area (Å²) in [5.41, 5.74) is -1.35. The molecular weight excluding hydrogens is 473 g/mol. The van der Waals surface area contributed by atoms with E-state index in [0.29, 0.717) is 5.75 Å². The van der Waals surface area contributed by atoms with Gasteiger partial charge in [0.1, 0.15) is 11.6 Å². The van der Waals surface area contributed by atoms with E-state index in [4.69, 9.17) is 9.47 Å². The van der Waals surface area contributed by atoms with Gasteiger partial charge in [0.15, 0.2) is 23.5 Å². The monoisotopic (exact) mass is 494 g/mol. The summed E-state index contributed by atoms with van der Waals surface area (Å²) in [5.74, 6) is -1.45. The SMILES string of the molecule is COc1cccc(S(=O)(=O)N2CCOC23CCN(c2cnc4cc(F)c(F)cc4n2)CC3F)c1. The van der Waals surface area contributed by atoms with Gasteiger partial charge >= 0.3 is 0 Å². The lowest BCUT2D eigenvalue weighted by Crippen LogP contribution is -2.62. The third kappa shape index (κ3) is 3.65. The zero-order valence-corrected chi connectivity index (χ0v) is 18.9. The molecule has 3 aromatic rings. The summed E-state index contributed by atoms with van der Waals surface area (Å²) in [7, 11) is -2.64. The normalized spacial score (nSPS) is 23.6. The number of sulfonamides is 1. The average molecular weight is 494 g/mol. The third-order valence-corrected chi connectivity index (χ3v) is 8.12. The lowest BCUT2D eigenvalue weighted by molar-refractivity contribution is -0.116. The number of piperidine rings is 1. The van der Waals surface area contributed by atoms with Gasteiger partial charge < -0.3 is 14.4 Å². The van der Waals surface area contributed by atoms with Crippen LogP contribution in [0.5, 0.6) is 5.75 Å². The first-order valence-corrected chi connectivity index (χ1v) is 12.0. The minimum atomic E-state index is -4.07. The highest BCUT2D eigenvalue weighted by atomic mass is 32.2. The van der Waals surface area contributed by atoms with Crippen molar-refractivity contribution >= 4 is 26.9 Å².